The fourth-order valence-electron chi connectivity index (χ4n) is 3.39. The smallest absolute Gasteiger partial charge is 0.324 e. The van der Waals surface area contributed by atoms with Crippen LogP contribution in [0.1, 0.15) is 28.6 Å². The zero-order valence-electron chi connectivity index (χ0n) is 14.3. The number of likely N-dealkylation sites (tertiary alicyclic amines) is 1. The summed E-state index contributed by atoms with van der Waals surface area (Å²) in [6.45, 7) is 4.54. The highest BCUT2D eigenvalue weighted by atomic mass is 16.2. The first-order valence-electron chi connectivity index (χ1n) is 8.41. The molecule has 1 unspecified atom stereocenters. The number of amides is 3. The molecular weight excluding hydrogens is 322 g/mol. The van der Waals surface area contributed by atoms with Crippen LogP contribution >= 0.6 is 0 Å². The summed E-state index contributed by atoms with van der Waals surface area (Å²) < 4.78 is 1.87. The fraction of sp³-hybridized carbons (Fsp3) is 0.500. The van der Waals surface area contributed by atoms with Gasteiger partial charge < -0.3 is 9.80 Å². The van der Waals surface area contributed by atoms with Crippen molar-refractivity contribution in [2.24, 2.45) is 0 Å². The first-order valence-corrected chi connectivity index (χ1v) is 8.41. The fourth-order valence-corrected chi connectivity index (χ4v) is 3.39. The Hall–Kier alpha value is -2.84. The van der Waals surface area contributed by atoms with Gasteiger partial charge in [-0.05, 0) is 19.4 Å². The van der Waals surface area contributed by atoms with Crippen LogP contribution in [-0.4, -0.2) is 74.9 Å². The Balaban J connectivity index is 1.44. The minimum Gasteiger partial charge on any atom is -0.335 e. The highest BCUT2D eigenvalue weighted by Gasteiger charge is 2.31. The first kappa shape index (κ1) is 15.7. The molecule has 3 amide bonds. The van der Waals surface area contributed by atoms with Gasteiger partial charge in [0.1, 0.15) is 5.69 Å². The number of rotatable bonds is 3. The number of hydrogen-bond donors (Lipinski definition) is 1. The monoisotopic (exact) mass is 343 g/mol. The molecule has 2 aromatic rings. The molecule has 9 heteroatoms. The highest BCUT2D eigenvalue weighted by molar-refractivity contribution is 5.93. The number of aryl methyl sites for hydroxylation is 1. The van der Waals surface area contributed by atoms with Gasteiger partial charge in [0.25, 0.3) is 5.91 Å². The molecule has 0 spiro atoms. The van der Waals surface area contributed by atoms with Crippen LogP contribution in [0.3, 0.4) is 0 Å². The lowest BCUT2D eigenvalue weighted by molar-refractivity contribution is 0.0781. The number of nitrogens with one attached hydrogen (secondary N) is 1. The summed E-state index contributed by atoms with van der Waals surface area (Å²) in [5.41, 5.74) is 2.13. The van der Waals surface area contributed by atoms with E-state index in [1.165, 1.54) is 0 Å². The van der Waals surface area contributed by atoms with Crippen molar-refractivity contribution < 1.29 is 9.59 Å². The highest BCUT2D eigenvalue weighted by Crippen LogP contribution is 2.26. The molecule has 2 aromatic heterocycles. The van der Waals surface area contributed by atoms with Gasteiger partial charge in [0.05, 0.1) is 17.9 Å². The van der Waals surface area contributed by atoms with Crippen molar-refractivity contribution in [3.05, 3.63) is 29.8 Å². The van der Waals surface area contributed by atoms with Crippen LogP contribution in [0, 0.1) is 6.92 Å². The van der Waals surface area contributed by atoms with Gasteiger partial charge in [-0.1, -0.05) is 0 Å². The van der Waals surface area contributed by atoms with E-state index in [4.69, 9.17) is 0 Å². The van der Waals surface area contributed by atoms with E-state index in [9.17, 15) is 9.59 Å². The SMILES string of the molecule is Cc1cc(C(=O)N2CCC(n3cc(N4CCN(C)C4=O)cn3)C2)n[nH]1. The van der Waals surface area contributed by atoms with E-state index in [2.05, 4.69) is 15.3 Å². The lowest BCUT2D eigenvalue weighted by Gasteiger charge is -2.16. The normalized spacial score (nSPS) is 20.8. The van der Waals surface area contributed by atoms with Crippen LogP contribution in [0.2, 0.25) is 0 Å². The maximum absolute atomic E-state index is 12.5. The Kier molecular flexibility index (Phi) is 3.70. The molecule has 1 N–H and O–H groups in total. The summed E-state index contributed by atoms with van der Waals surface area (Å²) >= 11 is 0. The molecule has 0 aromatic carbocycles. The Morgan fingerprint density at radius 2 is 2.16 bits per heavy atom. The second-order valence-electron chi connectivity index (χ2n) is 6.66. The molecule has 0 saturated carbocycles. The molecule has 25 heavy (non-hydrogen) atoms. The number of aromatic amines is 1. The molecule has 9 nitrogen and oxygen atoms in total. The van der Waals surface area contributed by atoms with Crippen molar-refractivity contribution >= 4 is 17.6 Å². The molecule has 0 bridgehead atoms. The molecular formula is C16H21N7O2. The Bertz CT molecular complexity index is 811. The summed E-state index contributed by atoms with van der Waals surface area (Å²) in [6.07, 6.45) is 4.46. The second-order valence-corrected chi connectivity index (χ2v) is 6.66. The van der Waals surface area contributed by atoms with Crippen molar-refractivity contribution in [3.63, 3.8) is 0 Å². The van der Waals surface area contributed by atoms with Crippen LogP contribution < -0.4 is 4.90 Å². The number of aromatic nitrogens is 4. The van der Waals surface area contributed by atoms with Crippen molar-refractivity contribution in [1.82, 2.24) is 29.8 Å². The predicted molar refractivity (Wildman–Crippen MR) is 90.5 cm³/mol. The number of H-pyrrole nitrogens is 1. The molecule has 2 saturated heterocycles. The minimum absolute atomic E-state index is 0.00308. The van der Waals surface area contributed by atoms with E-state index in [1.54, 1.807) is 34.0 Å². The minimum atomic E-state index is -0.0597. The summed E-state index contributed by atoms with van der Waals surface area (Å²) in [6, 6.07) is 1.88. The van der Waals surface area contributed by atoms with Crippen molar-refractivity contribution in [3.8, 4) is 0 Å². The first-order chi connectivity index (χ1) is 12.0. The van der Waals surface area contributed by atoms with Gasteiger partial charge >= 0.3 is 6.03 Å². The number of nitrogens with zero attached hydrogens (tertiary/aromatic N) is 6. The van der Waals surface area contributed by atoms with Crippen LogP contribution in [-0.2, 0) is 0 Å². The summed E-state index contributed by atoms with van der Waals surface area (Å²) in [5.74, 6) is -0.0597. The maximum Gasteiger partial charge on any atom is 0.324 e. The predicted octanol–water partition coefficient (Wildman–Crippen LogP) is 0.874. The number of hydrogen-bond acceptors (Lipinski definition) is 4. The average molecular weight is 343 g/mol. The van der Waals surface area contributed by atoms with E-state index in [0.29, 0.717) is 25.3 Å². The molecule has 1 atom stereocenters. The number of carbonyl (C=O) groups is 2. The van der Waals surface area contributed by atoms with Crippen LogP contribution in [0.5, 0.6) is 0 Å². The molecule has 0 aliphatic carbocycles. The molecule has 132 valence electrons. The van der Waals surface area contributed by atoms with Gasteiger partial charge in [-0.25, -0.2) is 4.79 Å². The number of urea groups is 1. The van der Waals surface area contributed by atoms with E-state index >= 15 is 0 Å². The van der Waals surface area contributed by atoms with Crippen LogP contribution in [0.15, 0.2) is 18.5 Å². The molecule has 2 aliphatic heterocycles. The van der Waals surface area contributed by atoms with Crippen molar-refractivity contribution in [1.29, 1.82) is 0 Å². The maximum atomic E-state index is 12.5. The molecule has 4 heterocycles. The Morgan fingerprint density at radius 3 is 2.84 bits per heavy atom. The zero-order valence-corrected chi connectivity index (χ0v) is 14.3. The molecule has 4 rings (SSSR count). The van der Waals surface area contributed by atoms with Gasteiger partial charge in [-0.15, -0.1) is 0 Å². The Labute approximate surface area is 145 Å². The van der Waals surface area contributed by atoms with Crippen molar-refractivity contribution in [2.75, 3.05) is 38.1 Å². The number of anilines is 1. The lowest BCUT2D eigenvalue weighted by Crippen LogP contribution is -2.29. The van der Waals surface area contributed by atoms with E-state index < -0.39 is 0 Å². The number of likely N-dealkylation sites (N-methyl/N-ethyl adjacent to an activating group) is 1. The average Bonchev–Trinajstić information content (AvgIpc) is 3.35. The van der Waals surface area contributed by atoms with Gasteiger partial charge in [-0.2, -0.15) is 10.2 Å². The second kappa shape index (κ2) is 5.91. The van der Waals surface area contributed by atoms with E-state index in [0.717, 1.165) is 24.3 Å². The third kappa shape index (κ3) is 2.75. The van der Waals surface area contributed by atoms with Crippen LogP contribution in [0.25, 0.3) is 0 Å². The molecule has 0 radical (unpaired) electrons. The Morgan fingerprint density at radius 1 is 1.32 bits per heavy atom. The molecule has 2 fully saturated rings. The third-order valence-corrected chi connectivity index (χ3v) is 4.87. The largest absolute Gasteiger partial charge is 0.335 e. The summed E-state index contributed by atoms with van der Waals surface area (Å²) in [7, 11) is 1.80. The topological polar surface area (TPSA) is 90.4 Å². The third-order valence-electron chi connectivity index (χ3n) is 4.87. The standard InChI is InChI=1S/C16H21N7O2/c1-11-7-14(19-18-11)15(24)21-4-3-12(9-21)23-10-13(8-17-23)22-6-5-20(2)16(22)25/h7-8,10,12H,3-6,9H2,1-2H3,(H,18,19). The van der Waals surface area contributed by atoms with Gasteiger partial charge in [0.15, 0.2) is 0 Å². The van der Waals surface area contributed by atoms with Crippen molar-refractivity contribution in [2.45, 2.75) is 19.4 Å². The zero-order chi connectivity index (χ0) is 17.6. The van der Waals surface area contributed by atoms with Gasteiger partial charge in [-0.3, -0.25) is 19.5 Å². The quantitative estimate of drug-likeness (QED) is 0.895. The molecule has 2 aliphatic rings. The van der Waals surface area contributed by atoms with E-state index in [1.807, 2.05) is 17.8 Å². The number of carbonyl (C=O) groups excluding carboxylic acids is 2. The van der Waals surface area contributed by atoms with E-state index in [-0.39, 0.29) is 18.0 Å². The van der Waals surface area contributed by atoms with Gasteiger partial charge in [0.2, 0.25) is 0 Å². The summed E-state index contributed by atoms with van der Waals surface area (Å²) in [5, 5.41) is 11.3. The van der Waals surface area contributed by atoms with Gasteiger partial charge in [0, 0.05) is 45.1 Å². The van der Waals surface area contributed by atoms with Crippen LogP contribution in [0.4, 0.5) is 10.5 Å². The lowest BCUT2D eigenvalue weighted by atomic mass is 10.3. The summed E-state index contributed by atoms with van der Waals surface area (Å²) in [4.78, 5) is 29.8.